The first-order valence-corrected chi connectivity index (χ1v) is 7.39. The van der Waals surface area contributed by atoms with Crippen LogP contribution in [0.2, 0.25) is 0 Å². The van der Waals surface area contributed by atoms with Gasteiger partial charge in [-0.1, -0.05) is 0 Å². The number of aliphatic carboxylic acids is 1. The quantitative estimate of drug-likeness (QED) is 0.698. The minimum absolute atomic E-state index is 0.0961. The Labute approximate surface area is 119 Å². The third kappa shape index (κ3) is 3.70. The molecule has 1 saturated heterocycles. The second kappa shape index (κ2) is 6.54. The minimum atomic E-state index is -0.795. The van der Waals surface area contributed by atoms with Crippen molar-refractivity contribution in [2.24, 2.45) is 17.6 Å². The molecule has 1 amide bonds. The van der Waals surface area contributed by atoms with Crippen molar-refractivity contribution in [1.29, 1.82) is 0 Å². The molecule has 1 saturated carbocycles. The van der Waals surface area contributed by atoms with Gasteiger partial charge in [0.1, 0.15) is 0 Å². The zero-order valence-electron chi connectivity index (χ0n) is 11.8. The predicted molar refractivity (Wildman–Crippen MR) is 73.1 cm³/mol. The van der Waals surface area contributed by atoms with Gasteiger partial charge in [-0.15, -0.1) is 0 Å². The highest BCUT2D eigenvalue weighted by molar-refractivity contribution is 5.86. The van der Waals surface area contributed by atoms with Crippen LogP contribution in [0, 0.1) is 11.8 Å². The summed E-state index contributed by atoms with van der Waals surface area (Å²) in [4.78, 5) is 23.0. The number of carboxylic acids is 1. The Morgan fingerprint density at radius 3 is 2.35 bits per heavy atom. The Morgan fingerprint density at radius 1 is 1.20 bits per heavy atom. The molecule has 0 atom stereocenters. The van der Waals surface area contributed by atoms with Crippen molar-refractivity contribution >= 4 is 11.9 Å². The van der Waals surface area contributed by atoms with Crippen LogP contribution < -0.4 is 11.1 Å². The fourth-order valence-corrected chi connectivity index (χ4v) is 2.99. The molecule has 0 bridgehead atoms. The number of nitrogens with one attached hydrogen (secondary N) is 1. The maximum absolute atomic E-state index is 12.1. The Morgan fingerprint density at radius 2 is 1.80 bits per heavy atom. The molecular formula is C14H24N2O4. The first-order chi connectivity index (χ1) is 9.51. The van der Waals surface area contributed by atoms with E-state index in [0.29, 0.717) is 51.4 Å². The summed E-state index contributed by atoms with van der Waals surface area (Å²) in [5.41, 5.74) is 5.32. The van der Waals surface area contributed by atoms with Crippen molar-refractivity contribution in [3.63, 3.8) is 0 Å². The summed E-state index contributed by atoms with van der Waals surface area (Å²) in [6.07, 6.45) is 4.25. The summed E-state index contributed by atoms with van der Waals surface area (Å²) >= 11 is 0. The van der Waals surface area contributed by atoms with E-state index >= 15 is 0 Å². The summed E-state index contributed by atoms with van der Waals surface area (Å²) in [6.45, 7) is 1.67. The van der Waals surface area contributed by atoms with Crippen molar-refractivity contribution in [2.45, 2.75) is 44.1 Å². The highest BCUT2D eigenvalue weighted by atomic mass is 16.5. The third-order valence-corrected chi connectivity index (χ3v) is 4.58. The third-order valence-electron chi connectivity index (χ3n) is 4.58. The lowest BCUT2D eigenvalue weighted by atomic mass is 9.82. The fourth-order valence-electron chi connectivity index (χ4n) is 2.99. The molecule has 0 aromatic heterocycles. The van der Waals surface area contributed by atoms with Crippen LogP contribution >= 0.6 is 0 Å². The monoisotopic (exact) mass is 284 g/mol. The molecule has 2 fully saturated rings. The van der Waals surface area contributed by atoms with E-state index in [1.54, 1.807) is 0 Å². The first kappa shape index (κ1) is 15.3. The van der Waals surface area contributed by atoms with Gasteiger partial charge in [0.05, 0.1) is 11.5 Å². The van der Waals surface area contributed by atoms with Gasteiger partial charge in [0.25, 0.3) is 0 Å². The maximum Gasteiger partial charge on any atom is 0.306 e. The Kier molecular flexibility index (Phi) is 4.99. The van der Waals surface area contributed by atoms with Crippen LogP contribution in [0.1, 0.15) is 38.5 Å². The van der Waals surface area contributed by atoms with Crippen molar-refractivity contribution in [3.05, 3.63) is 0 Å². The van der Waals surface area contributed by atoms with Crippen molar-refractivity contribution in [3.8, 4) is 0 Å². The van der Waals surface area contributed by atoms with Gasteiger partial charge in [-0.05, 0) is 44.4 Å². The Balaban J connectivity index is 1.73. The summed E-state index contributed by atoms with van der Waals surface area (Å²) in [6, 6.07) is 0. The van der Waals surface area contributed by atoms with Gasteiger partial charge in [0.15, 0.2) is 0 Å². The molecule has 0 unspecified atom stereocenters. The number of carboxylic acid groups (broad SMARTS) is 1. The molecule has 1 heterocycles. The summed E-state index contributed by atoms with van der Waals surface area (Å²) in [5, 5.41) is 11.9. The van der Waals surface area contributed by atoms with Crippen LogP contribution in [-0.4, -0.2) is 42.3 Å². The van der Waals surface area contributed by atoms with Gasteiger partial charge >= 0.3 is 5.97 Å². The highest BCUT2D eigenvalue weighted by Gasteiger charge is 2.36. The molecule has 6 nitrogen and oxygen atoms in total. The average molecular weight is 284 g/mol. The molecule has 0 spiro atoms. The lowest BCUT2D eigenvalue weighted by Gasteiger charge is -2.33. The van der Waals surface area contributed by atoms with Crippen molar-refractivity contribution < 1.29 is 19.4 Å². The smallest absolute Gasteiger partial charge is 0.306 e. The summed E-state index contributed by atoms with van der Waals surface area (Å²) < 4.78 is 5.23. The summed E-state index contributed by atoms with van der Waals surface area (Å²) in [7, 11) is 0. The number of carbonyl (C=O) groups excluding carboxylic acids is 1. The molecule has 2 rings (SSSR count). The molecule has 1 aliphatic heterocycles. The van der Waals surface area contributed by atoms with Crippen LogP contribution in [0.25, 0.3) is 0 Å². The SMILES string of the molecule is NC1(C(=O)NCC2CCC(C(=O)O)CC2)CCOCC1. The molecule has 2 aliphatic rings. The van der Waals surface area contributed by atoms with Crippen LogP contribution in [0.4, 0.5) is 0 Å². The van der Waals surface area contributed by atoms with Gasteiger partial charge < -0.3 is 20.9 Å². The van der Waals surface area contributed by atoms with Crippen LogP contribution in [0.15, 0.2) is 0 Å². The number of hydrogen-bond acceptors (Lipinski definition) is 4. The molecule has 4 N–H and O–H groups in total. The first-order valence-electron chi connectivity index (χ1n) is 7.39. The largest absolute Gasteiger partial charge is 0.481 e. The second-order valence-electron chi connectivity index (χ2n) is 6.03. The van der Waals surface area contributed by atoms with Crippen LogP contribution in [0.3, 0.4) is 0 Å². The molecule has 20 heavy (non-hydrogen) atoms. The fraction of sp³-hybridized carbons (Fsp3) is 0.857. The zero-order chi connectivity index (χ0) is 14.6. The number of hydrogen-bond donors (Lipinski definition) is 3. The highest BCUT2D eigenvalue weighted by Crippen LogP contribution is 2.28. The van der Waals surface area contributed by atoms with Gasteiger partial charge in [-0.3, -0.25) is 9.59 Å². The van der Waals surface area contributed by atoms with Gasteiger partial charge in [0, 0.05) is 19.8 Å². The molecular weight excluding hydrogens is 260 g/mol. The van der Waals surface area contributed by atoms with Crippen molar-refractivity contribution in [1.82, 2.24) is 5.32 Å². The number of carbonyl (C=O) groups is 2. The maximum atomic E-state index is 12.1. The van der Waals surface area contributed by atoms with E-state index in [0.717, 1.165) is 12.8 Å². The molecule has 0 radical (unpaired) electrons. The molecule has 0 aromatic rings. The van der Waals surface area contributed by atoms with E-state index in [1.165, 1.54) is 0 Å². The van der Waals surface area contributed by atoms with Crippen LogP contribution in [0.5, 0.6) is 0 Å². The topological polar surface area (TPSA) is 102 Å². The lowest BCUT2D eigenvalue weighted by molar-refractivity contribution is -0.143. The number of nitrogens with two attached hydrogens (primary N) is 1. The standard InChI is InChI=1S/C14H24N2O4/c15-14(5-7-20-8-6-14)13(19)16-9-10-1-3-11(4-2-10)12(17)18/h10-11H,1-9,15H2,(H,16,19)(H,17,18). The van der Waals surface area contributed by atoms with E-state index < -0.39 is 11.5 Å². The predicted octanol–water partition coefficient (Wildman–Crippen LogP) is 0.501. The molecule has 1 aliphatic carbocycles. The molecule has 6 heteroatoms. The lowest BCUT2D eigenvalue weighted by Crippen LogP contribution is -2.57. The van der Waals surface area contributed by atoms with Crippen molar-refractivity contribution in [2.75, 3.05) is 19.8 Å². The molecule has 0 aromatic carbocycles. The normalized spacial score (nSPS) is 29.6. The van der Waals surface area contributed by atoms with E-state index in [1.807, 2.05) is 0 Å². The second-order valence-corrected chi connectivity index (χ2v) is 6.03. The Bertz CT molecular complexity index is 358. The van der Waals surface area contributed by atoms with Crippen LogP contribution in [-0.2, 0) is 14.3 Å². The Hall–Kier alpha value is -1.14. The number of ether oxygens (including phenoxy) is 1. The van der Waals surface area contributed by atoms with Gasteiger partial charge in [-0.2, -0.15) is 0 Å². The zero-order valence-corrected chi connectivity index (χ0v) is 11.8. The van der Waals surface area contributed by atoms with E-state index in [9.17, 15) is 9.59 Å². The molecule has 114 valence electrons. The minimum Gasteiger partial charge on any atom is -0.481 e. The number of rotatable bonds is 4. The van der Waals surface area contributed by atoms with E-state index in [2.05, 4.69) is 5.32 Å². The van der Waals surface area contributed by atoms with Gasteiger partial charge in [0.2, 0.25) is 5.91 Å². The van der Waals surface area contributed by atoms with Gasteiger partial charge in [-0.25, -0.2) is 0 Å². The number of amides is 1. The van der Waals surface area contributed by atoms with E-state index in [4.69, 9.17) is 15.6 Å². The average Bonchev–Trinajstić information content (AvgIpc) is 2.46. The van der Waals surface area contributed by atoms with E-state index in [-0.39, 0.29) is 11.8 Å². The summed E-state index contributed by atoms with van der Waals surface area (Å²) in [5.74, 6) is -0.631.